The Bertz CT molecular complexity index is 572. The molecule has 1 atom stereocenters. The highest BCUT2D eigenvalue weighted by molar-refractivity contribution is 5.76. The van der Waals surface area contributed by atoms with Gasteiger partial charge in [0.2, 0.25) is 5.88 Å². The third kappa shape index (κ3) is 2.65. The first-order chi connectivity index (χ1) is 9.04. The fourth-order valence-electron chi connectivity index (χ4n) is 2.41. The molecule has 0 aliphatic rings. The number of hydrogen-bond donors (Lipinski definition) is 1. The maximum Gasteiger partial charge on any atom is 0.230 e. The molecule has 0 spiro atoms. The second kappa shape index (κ2) is 5.47. The Kier molecular flexibility index (Phi) is 3.93. The van der Waals surface area contributed by atoms with Crippen LogP contribution in [0.4, 0.5) is 5.88 Å². The van der Waals surface area contributed by atoms with E-state index in [-0.39, 0.29) is 0 Å². The Morgan fingerprint density at radius 1 is 1.26 bits per heavy atom. The lowest BCUT2D eigenvalue weighted by atomic mass is 9.93. The van der Waals surface area contributed by atoms with Gasteiger partial charge in [0.25, 0.3) is 0 Å². The molecule has 2 aromatic rings. The molecule has 102 valence electrons. The van der Waals surface area contributed by atoms with Crippen LogP contribution in [0.5, 0.6) is 0 Å². The zero-order chi connectivity index (χ0) is 14.0. The molecule has 3 nitrogen and oxygen atoms in total. The highest BCUT2D eigenvalue weighted by atomic mass is 16.5. The molecule has 0 radical (unpaired) electrons. The third-order valence-corrected chi connectivity index (χ3v) is 3.73. The van der Waals surface area contributed by atoms with Gasteiger partial charge < -0.3 is 10.3 Å². The summed E-state index contributed by atoms with van der Waals surface area (Å²) in [6, 6.07) is 6.36. The van der Waals surface area contributed by atoms with Crippen molar-refractivity contribution in [3.8, 4) is 11.1 Å². The van der Waals surface area contributed by atoms with Crippen molar-refractivity contribution in [2.45, 2.75) is 46.5 Å². The highest BCUT2D eigenvalue weighted by Crippen LogP contribution is 2.36. The standard InChI is InChI=1S/C16H22N2O/c1-5-6-11(3)15-14(16(17)19-18-15)13-8-7-10(2)12(4)9-13/h7-9,11H,5-6,17H2,1-4H3. The van der Waals surface area contributed by atoms with Crippen LogP contribution < -0.4 is 5.73 Å². The summed E-state index contributed by atoms with van der Waals surface area (Å²) in [7, 11) is 0. The second-order valence-corrected chi connectivity index (χ2v) is 5.30. The number of anilines is 1. The molecule has 2 N–H and O–H groups in total. The van der Waals surface area contributed by atoms with Gasteiger partial charge in [0.1, 0.15) is 0 Å². The van der Waals surface area contributed by atoms with Crippen molar-refractivity contribution in [2.24, 2.45) is 0 Å². The average Bonchev–Trinajstić information content (AvgIpc) is 2.75. The molecule has 1 unspecified atom stereocenters. The van der Waals surface area contributed by atoms with Crippen LogP contribution in [0, 0.1) is 13.8 Å². The Morgan fingerprint density at radius 2 is 2.00 bits per heavy atom. The van der Waals surface area contributed by atoms with Gasteiger partial charge in [-0.15, -0.1) is 0 Å². The molecule has 0 aliphatic carbocycles. The summed E-state index contributed by atoms with van der Waals surface area (Å²) in [6.07, 6.45) is 2.21. The summed E-state index contributed by atoms with van der Waals surface area (Å²) >= 11 is 0. The zero-order valence-electron chi connectivity index (χ0n) is 12.2. The number of hydrogen-bond acceptors (Lipinski definition) is 3. The van der Waals surface area contributed by atoms with E-state index in [0.29, 0.717) is 11.8 Å². The first-order valence-corrected chi connectivity index (χ1v) is 6.87. The number of nitrogens with zero attached hydrogens (tertiary/aromatic N) is 1. The summed E-state index contributed by atoms with van der Waals surface area (Å²) in [4.78, 5) is 0. The second-order valence-electron chi connectivity index (χ2n) is 5.30. The number of benzene rings is 1. The number of nitrogens with two attached hydrogens (primary N) is 1. The van der Waals surface area contributed by atoms with E-state index in [9.17, 15) is 0 Å². The van der Waals surface area contributed by atoms with Gasteiger partial charge in [0.15, 0.2) is 0 Å². The van der Waals surface area contributed by atoms with Gasteiger partial charge in [-0.3, -0.25) is 0 Å². The summed E-state index contributed by atoms with van der Waals surface area (Å²) in [5, 5.41) is 4.16. The normalized spacial score (nSPS) is 12.6. The van der Waals surface area contributed by atoms with Crippen LogP contribution in [0.25, 0.3) is 11.1 Å². The van der Waals surface area contributed by atoms with Crippen LogP contribution in [-0.2, 0) is 0 Å². The summed E-state index contributed by atoms with van der Waals surface area (Å²) in [5.41, 5.74) is 11.5. The van der Waals surface area contributed by atoms with E-state index in [4.69, 9.17) is 10.3 Å². The lowest BCUT2D eigenvalue weighted by Crippen LogP contribution is -1.97. The predicted octanol–water partition coefficient (Wildman–Crippen LogP) is 4.44. The minimum absolute atomic E-state index is 0.364. The summed E-state index contributed by atoms with van der Waals surface area (Å²) in [5.74, 6) is 0.781. The molecule has 0 amide bonds. The van der Waals surface area contributed by atoms with Gasteiger partial charge in [0.05, 0.1) is 11.3 Å². The van der Waals surface area contributed by atoms with Gasteiger partial charge in [-0.2, -0.15) is 0 Å². The minimum Gasteiger partial charge on any atom is -0.367 e. The van der Waals surface area contributed by atoms with Gasteiger partial charge in [0, 0.05) is 5.92 Å². The van der Waals surface area contributed by atoms with Crippen LogP contribution >= 0.6 is 0 Å². The number of nitrogen functional groups attached to an aromatic ring is 1. The third-order valence-electron chi connectivity index (χ3n) is 3.73. The molecule has 0 fully saturated rings. The molecule has 19 heavy (non-hydrogen) atoms. The maximum absolute atomic E-state index is 5.97. The Labute approximate surface area is 114 Å². The molecule has 0 bridgehead atoms. The fraction of sp³-hybridized carbons (Fsp3) is 0.438. The first kappa shape index (κ1) is 13.7. The number of aryl methyl sites for hydroxylation is 2. The van der Waals surface area contributed by atoms with E-state index in [0.717, 1.165) is 29.7 Å². The van der Waals surface area contributed by atoms with Crippen LogP contribution in [0.2, 0.25) is 0 Å². The SMILES string of the molecule is CCCC(C)c1noc(N)c1-c1ccc(C)c(C)c1. The van der Waals surface area contributed by atoms with Crippen LogP contribution in [0.1, 0.15) is 49.4 Å². The van der Waals surface area contributed by atoms with Crippen LogP contribution in [0.3, 0.4) is 0 Å². The molecule has 0 saturated carbocycles. The van der Waals surface area contributed by atoms with Gasteiger partial charge in [-0.1, -0.05) is 43.6 Å². The van der Waals surface area contributed by atoms with Gasteiger partial charge >= 0.3 is 0 Å². The van der Waals surface area contributed by atoms with Crippen molar-refractivity contribution in [2.75, 3.05) is 5.73 Å². The van der Waals surface area contributed by atoms with E-state index in [1.165, 1.54) is 11.1 Å². The fourth-order valence-corrected chi connectivity index (χ4v) is 2.41. The lowest BCUT2D eigenvalue weighted by Gasteiger charge is -2.10. The smallest absolute Gasteiger partial charge is 0.230 e. The van der Waals surface area contributed by atoms with Crippen LogP contribution in [0.15, 0.2) is 22.7 Å². The lowest BCUT2D eigenvalue weighted by molar-refractivity contribution is 0.419. The number of rotatable bonds is 4. The molecule has 0 aliphatic heterocycles. The molecule has 0 saturated heterocycles. The van der Waals surface area contributed by atoms with E-state index < -0.39 is 0 Å². The Balaban J connectivity index is 2.48. The Hall–Kier alpha value is -1.77. The predicted molar refractivity (Wildman–Crippen MR) is 79.1 cm³/mol. The van der Waals surface area contributed by atoms with Crippen molar-refractivity contribution >= 4 is 5.88 Å². The van der Waals surface area contributed by atoms with E-state index >= 15 is 0 Å². The topological polar surface area (TPSA) is 52.0 Å². The summed E-state index contributed by atoms with van der Waals surface area (Å²) in [6.45, 7) is 8.56. The Morgan fingerprint density at radius 3 is 2.63 bits per heavy atom. The minimum atomic E-state index is 0.364. The highest BCUT2D eigenvalue weighted by Gasteiger charge is 2.20. The van der Waals surface area contributed by atoms with Crippen molar-refractivity contribution in [3.05, 3.63) is 35.0 Å². The molecule has 2 rings (SSSR count). The maximum atomic E-state index is 5.97. The van der Waals surface area contributed by atoms with Gasteiger partial charge in [-0.25, -0.2) is 0 Å². The van der Waals surface area contributed by atoms with Crippen molar-refractivity contribution in [1.82, 2.24) is 5.16 Å². The molecule has 1 heterocycles. The quantitative estimate of drug-likeness (QED) is 0.881. The molecule has 3 heteroatoms. The molecule has 1 aromatic carbocycles. The van der Waals surface area contributed by atoms with E-state index in [1.54, 1.807) is 0 Å². The van der Waals surface area contributed by atoms with E-state index in [2.05, 4.69) is 51.1 Å². The molecular weight excluding hydrogens is 236 g/mol. The molecule has 1 aromatic heterocycles. The van der Waals surface area contributed by atoms with Crippen molar-refractivity contribution < 1.29 is 4.52 Å². The van der Waals surface area contributed by atoms with Crippen molar-refractivity contribution in [1.29, 1.82) is 0 Å². The monoisotopic (exact) mass is 258 g/mol. The van der Waals surface area contributed by atoms with E-state index in [1.807, 2.05) is 0 Å². The summed E-state index contributed by atoms with van der Waals surface area (Å²) < 4.78 is 5.22. The zero-order valence-corrected chi connectivity index (χ0v) is 12.2. The van der Waals surface area contributed by atoms with Crippen LogP contribution in [-0.4, -0.2) is 5.16 Å². The van der Waals surface area contributed by atoms with Gasteiger partial charge in [-0.05, 0) is 37.0 Å². The average molecular weight is 258 g/mol. The largest absolute Gasteiger partial charge is 0.367 e. The number of aromatic nitrogens is 1. The molecular formula is C16H22N2O. The van der Waals surface area contributed by atoms with Crippen molar-refractivity contribution in [3.63, 3.8) is 0 Å². The first-order valence-electron chi connectivity index (χ1n) is 6.87.